The SMILES string of the molecule is C[C@@H](Nc1ncnc2[c-]cc(-c3ccc(F)cc3)cc12)c1cnc(C(F)(F)F)nc1.[CH3-].[Os+]. The van der Waals surface area contributed by atoms with Gasteiger partial charge in [-0.2, -0.15) is 31.4 Å². The Hall–Kier alpha value is -2.98. The summed E-state index contributed by atoms with van der Waals surface area (Å²) >= 11 is 0. The van der Waals surface area contributed by atoms with Gasteiger partial charge in [-0.25, -0.2) is 19.3 Å². The van der Waals surface area contributed by atoms with Crippen LogP contribution in [0.3, 0.4) is 0 Å². The maximum Gasteiger partial charge on any atom is 1.00 e. The van der Waals surface area contributed by atoms with E-state index in [1.807, 2.05) is 6.07 Å². The van der Waals surface area contributed by atoms with Crippen molar-refractivity contribution in [3.05, 3.63) is 85.8 Å². The zero-order valence-electron chi connectivity index (χ0n) is 16.9. The van der Waals surface area contributed by atoms with Crippen LogP contribution in [0.4, 0.5) is 23.4 Å². The van der Waals surface area contributed by atoms with E-state index in [2.05, 4.69) is 31.3 Å². The molecule has 2 heterocycles. The molecule has 2 aromatic carbocycles. The van der Waals surface area contributed by atoms with Gasteiger partial charge in [0.05, 0.1) is 11.9 Å². The minimum atomic E-state index is -4.59. The van der Waals surface area contributed by atoms with Crippen LogP contribution in [0.25, 0.3) is 22.0 Å². The topological polar surface area (TPSA) is 63.6 Å². The van der Waals surface area contributed by atoms with Crippen molar-refractivity contribution < 1.29 is 37.4 Å². The number of fused-ring (bicyclic) bond motifs is 1. The third-order valence-corrected chi connectivity index (χ3v) is 4.50. The molecular formula is C22H17F4N5Os-. The van der Waals surface area contributed by atoms with E-state index < -0.39 is 18.0 Å². The van der Waals surface area contributed by atoms with Crippen LogP contribution in [0, 0.1) is 19.3 Å². The van der Waals surface area contributed by atoms with Crippen LogP contribution in [0.2, 0.25) is 0 Å². The first kappa shape index (κ1) is 25.3. The van der Waals surface area contributed by atoms with Gasteiger partial charge in [-0.1, -0.05) is 23.1 Å². The summed E-state index contributed by atoms with van der Waals surface area (Å²) in [6.45, 7) is 1.76. The first-order valence-electron chi connectivity index (χ1n) is 8.89. The Kier molecular flexibility index (Phi) is 7.97. The van der Waals surface area contributed by atoms with Gasteiger partial charge in [-0.05, 0) is 24.6 Å². The molecule has 4 aromatic rings. The average Bonchev–Trinajstić information content (AvgIpc) is 2.74. The molecule has 32 heavy (non-hydrogen) atoms. The van der Waals surface area contributed by atoms with Crippen molar-refractivity contribution in [2.45, 2.75) is 19.1 Å². The number of hydrogen-bond acceptors (Lipinski definition) is 5. The predicted octanol–water partition coefficient (Wildman–Crippen LogP) is 5.67. The summed E-state index contributed by atoms with van der Waals surface area (Å²) in [6.07, 6.45) is -0.959. The maximum absolute atomic E-state index is 13.2. The second kappa shape index (κ2) is 10.1. The van der Waals surface area contributed by atoms with Crippen LogP contribution in [-0.2, 0) is 26.0 Å². The molecule has 0 saturated carbocycles. The summed E-state index contributed by atoms with van der Waals surface area (Å²) in [5, 5.41) is 3.82. The van der Waals surface area contributed by atoms with Crippen LogP contribution in [-0.4, -0.2) is 19.9 Å². The number of nitrogens with zero attached hydrogens (tertiary/aromatic N) is 4. The van der Waals surface area contributed by atoms with Crippen molar-refractivity contribution in [3.8, 4) is 11.1 Å². The van der Waals surface area contributed by atoms with Crippen molar-refractivity contribution in [2.75, 3.05) is 5.32 Å². The second-order valence-corrected chi connectivity index (χ2v) is 6.58. The number of halogens is 4. The van der Waals surface area contributed by atoms with Crippen molar-refractivity contribution in [3.63, 3.8) is 0 Å². The van der Waals surface area contributed by atoms with E-state index in [9.17, 15) is 17.6 Å². The predicted molar refractivity (Wildman–Crippen MR) is 109 cm³/mol. The van der Waals surface area contributed by atoms with Gasteiger partial charge in [0.15, 0.2) is 0 Å². The van der Waals surface area contributed by atoms with Crippen LogP contribution in [0.15, 0.2) is 55.1 Å². The minimum Gasteiger partial charge on any atom is -0.373 e. The molecule has 0 fully saturated rings. The molecule has 0 spiro atoms. The molecule has 1 N–H and O–H groups in total. The van der Waals surface area contributed by atoms with Gasteiger partial charge < -0.3 is 12.7 Å². The molecule has 0 bridgehead atoms. The van der Waals surface area contributed by atoms with Gasteiger partial charge in [0, 0.05) is 18.0 Å². The van der Waals surface area contributed by atoms with E-state index in [0.717, 1.165) is 23.5 Å². The molecule has 10 heteroatoms. The molecule has 0 aliphatic heterocycles. The van der Waals surface area contributed by atoms with Gasteiger partial charge in [-0.3, -0.25) is 4.98 Å². The average molecular weight is 618 g/mol. The van der Waals surface area contributed by atoms with Crippen molar-refractivity contribution in [1.82, 2.24) is 19.9 Å². The zero-order valence-corrected chi connectivity index (χ0v) is 19.5. The van der Waals surface area contributed by atoms with Crippen molar-refractivity contribution in [1.29, 1.82) is 0 Å². The quantitative estimate of drug-likeness (QED) is 0.237. The Morgan fingerprint density at radius 1 is 0.969 bits per heavy atom. The summed E-state index contributed by atoms with van der Waals surface area (Å²) in [5.74, 6) is -1.04. The van der Waals surface area contributed by atoms with Crippen LogP contribution in [0.5, 0.6) is 0 Å². The molecule has 0 saturated heterocycles. The molecular weight excluding hydrogens is 600 g/mol. The molecule has 0 amide bonds. The van der Waals surface area contributed by atoms with Crippen LogP contribution in [0.1, 0.15) is 24.4 Å². The van der Waals surface area contributed by atoms with Gasteiger partial charge >= 0.3 is 26.0 Å². The van der Waals surface area contributed by atoms with E-state index in [1.165, 1.54) is 18.5 Å². The van der Waals surface area contributed by atoms with Gasteiger partial charge in [0.1, 0.15) is 12.1 Å². The van der Waals surface area contributed by atoms with E-state index >= 15 is 0 Å². The van der Waals surface area contributed by atoms with Gasteiger partial charge in [-0.15, -0.1) is 5.56 Å². The smallest absolute Gasteiger partial charge is 0.373 e. The number of hydrogen-bond donors (Lipinski definition) is 1. The summed E-state index contributed by atoms with van der Waals surface area (Å²) in [5.41, 5.74) is 2.63. The summed E-state index contributed by atoms with van der Waals surface area (Å²) in [7, 11) is 0. The maximum atomic E-state index is 13.2. The van der Waals surface area contributed by atoms with E-state index in [-0.39, 0.29) is 33.0 Å². The number of benzene rings is 2. The fourth-order valence-corrected chi connectivity index (χ4v) is 2.91. The van der Waals surface area contributed by atoms with E-state index in [0.29, 0.717) is 22.3 Å². The Morgan fingerprint density at radius 2 is 1.62 bits per heavy atom. The molecule has 1 radical (unpaired) electrons. The fraction of sp³-hybridized carbons (Fsp3) is 0.136. The number of rotatable bonds is 4. The molecule has 2 aromatic heterocycles. The molecule has 0 aliphatic rings. The third-order valence-electron chi connectivity index (χ3n) is 4.50. The Morgan fingerprint density at radius 3 is 2.25 bits per heavy atom. The number of alkyl halides is 3. The Labute approximate surface area is 195 Å². The molecule has 4 rings (SSSR count). The summed E-state index contributed by atoms with van der Waals surface area (Å²) in [6, 6.07) is 12.3. The normalized spacial score (nSPS) is 11.9. The first-order chi connectivity index (χ1) is 14.3. The van der Waals surface area contributed by atoms with Crippen LogP contribution < -0.4 is 5.32 Å². The molecule has 167 valence electrons. The van der Waals surface area contributed by atoms with E-state index in [4.69, 9.17) is 0 Å². The number of aromatic nitrogens is 4. The van der Waals surface area contributed by atoms with Crippen molar-refractivity contribution >= 4 is 16.7 Å². The molecule has 1 atom stereocenters. The second-order valence-electron chi connectivity index (χ2n) is 6.58. The summed E-state index contributed by atoms with van der Waals surface area (Å²) in [4.78, 5) is 15.2. The van der Waals surface area contributed by atoms with Crippen LogP contribution >= 0.6 is 0 Å². The monoisotopic (exact) mass is 619 g/mol. The first-order valence-corrected chi connectivity index (χ1v) is 8.89. The minimum absolute atomic E-state index is 0. The summed E-state index contributed by atoms with van der Waals surface area (Å²) < 4.78 is 51.2. The zero-order chi connectivity index (χ0) is 21.3. The molecule has 0 unspecified atom stereocenters. The van der Waals surface area contributed by atoms with Gasteiger partial charge in [0.25, 0.3) is 0 Å². The Balaban J connectivity index is 0.00000181. The van der Waals surface area contributed by atoms with E-state index in [1.54, 1.807) is 25.1 Å². The van der Waals surface area contributed by atoms with Crippen molar-refractivity contribution in [2.24, 2.45) is 0 Å². The largest absolute Gasteiger partial charge is 1.00 e. The number of anilines is 1. The number of nitrogens with one attached hydrogen (secondary N) is 1. The molecule has 0 aliphatic carbocycles. The van der Waals surface area contributed by atoms with Gasteiger partial charge in [0.2, 0.25) is 5.82 Å². The fourth-order valence-electron chi connectivity index (χ4n) is 2.91. The third kappa shape index (κ3) is 5.43. The molecule has 5 nitrogen and oxygen atoms in total. The standard InChI is InChI=1S/C21H14F4N5.CH3.Os/c1-12(15-9-26-20(27-10-15)21(23,24)25)30-19-17-8-14(4-7-18(17)28-11-29-19)13-2-5-16(22)6-3-13;;/h2-6,8-12H,1H3,(H,28,29,30);1H3;/q2*-1;+1/t12-;;/m1../s1. The Bertz CT molecular complexity index is 1180.